The molecule has 0 bridgehead atoms. The van der Waals surface area contributed by atoms with Gasteiger partial charge in [0.15, 0.2) is 0 Å². The van der Waals surface area contributed by atoms with Crippen molar-refractivity contribution in [2.24, 2.45) is 0 Å². The Morgan fingerprint density at radius 1 is 0.568 bits per heavy atom. The Bertz CT molecular complexity index is 1110. The molecule has 0 amide bonds. The summed E-state index contributed by atoms with van der Waals surface area (Å²) in [5, 5.41) is 0. The number of rotatable bonds is 8. The molecule has 3 heteroatoms. The minimum atomic E-state index is -3.98. The van der Waals surface area contributed by atoms with Gasteiger partial charge in [-0.05, 0) is 0 Å². The van der Waals surface area contributed by atoms with E-state index in [0.717, 1.165) is 24.3 Å². The molecule has 2 saturated carbocycles. The van der Waals surface area contributed by atoms with Gasteiger partial charge in [-0.1, -0.05) is 0 Å². The first-order valence-electron chi connectivity index (χ1n) is 14.6. The third-order valence-corrected chi connectivity index (χ3v) is 17.3. The Hall–Kier alpha value is -2.12. The first-order chi connectivity index (χ1) is 18.3. The van der Waals surface area contributed by atoms with Gasteiger partial charge in [0, 0.05) is 0 Å². The van der Waals surface area contributed by atoms with Gasteiger partial charge >= 0.3 is 230 Å². The van der Waals surface area contributed by atoms with Gasteiger partial charge in [-0.2, -0.15) is 0 Å². The number of hydrogen-bond acceptors (Lipinski definition) is 2. The molecule has 0 aliphatic heterocycles. The van der Waals surface area contributed by atoms with Crippen molar-refractivity contribution in [3.63, 3.8) is 0 Å². The molecule has 0 N–H and O–H groups in total. The maximum absolute atomic E-state index is 7.26. The van der Waals surface area contributed by atoms with Gasteiger partial charge in [-0.15, -0.1) is 0 Å². The Morgan fingerprint density at radius 2 is 1.03 bits per heavy atom. The van der Waals surface area contributed by atoms with Crippen molar-refractivity contribution in [1.82, 2.24) is 0 Å². The summed E-state index contributed by atoms with van der Waals surface area (Å²) >= 11 is -3.98. The Labute approximate surface area is 228 Å². The molecule has 192 valence electrons. The predicted octanol–water partition coefficient (Wildman–Crippen LogP) is 9.91. The van der Waals surface area contributed by atoms with Crippen LogP contribution in [0, 0.1) is 0 Å². The summed E-state index contributed by atoms with van der Waals surface area (Å²) in [6.07, 6.45) is 28.6. The van der Waals surface area contributed by atoms with Crippen LogP contribution in [0.2, 0.25) is 0 Å². The fourth-order valence-electron chi connectivity index (χ4n) is 6.74. The van der Waals surface area contributed by atoms with Crippen molar-refractivity contribution in [2.45, 2.75) is 88.9 Å². The van der Waals surface area contributed by atoms with E-state index in [2.05, 4.69) is 85.0 Å². The summed E-state index contributed by atoms with van der Waals surface area (Å²) in [6.45, 7) is 0. The van der Waals surface area contributed by atoms with Crippen LogP contribution in [-0.4, -0.2) is 0 Å². The third kappa shape index (κ3) is 5.68. The molecule has 4 aliphatic rings. The zero-order chi connectivity index (χ0) is 24.9. The second-order valence-electron chi connectivity index (χ2n) is 11.3. The van der Waals surface area contributed by atoms with Crippen LogP contribution in [0.1, 0.15) is 100 Å². The Kier molecular flexibility index (Phi) is 7.98. The summed E-state index contributed by atoms with van der Waals surface area (Å²) in [7, 11) is 0. The summed E-state index contributed by atoms with van der Waals surface area (Å²) in [4.78, 5) is 0. The molecule has 6 rings (SSSR count). The molecule has 2 aromatic carbocycles. The average Bonchev–Trinajstić information content (AvgIpc) is 3.70. The van der Waals surface area contributed by atoms with Crippen molar-refractivity contribution in [2.75, 3.05) is 0 Å². The topological polar surface area (TPSA) is 18.5 Å². The summed E-state index contributed by atoms with van der Waals surface area (Å²) in [5.74, 6) is 3.30. The van der Waals surface area contributed by atoms with E-state index in [-0.39, 0.29) is 0 Å². The first-order valence-corrected chi connectivity index (χ1v) is 19.1. The van der Waals surface area contributed by atoms with E-state index in [1.54, 1.807) is 0 Å². The maximum atomic E-state index is 7.26. The molecule has 0 radical (unpaired) electrons. The van der Waals surface area contributed by atoms with Crippen LogP contribution >= 0.6 is 0 Å². The zero-order valence-electron chi connectivity index (χ0n) is 22.0. The van der Waals surface area contributed by atoms with E-state index in [1.165, 1.54) is 81.9 Å². The monoisotopic (exact) mass is 570 g/mol. The fourth-order valence-corrected chi connectivity index (χ4v) is 14.9. The normalized spacial score (nSPS) is 20.6. The quantitative estimate of drug-likeness (QED) is 0.314. The fraction of sp³-hybridized carbons (Fsp3) is 0.412. The van der Waals surface area contributed by atoms with Gasteiger partial charge in [-0.25, -0.2) is 0 Å². The molecular weight excluding hydrogens is 532 g/mol. The van der Waals surface area contributed by atoms with Crippen LogP contribution in [-0.2, 0) is 21.1 Å². The molecule has 2 nitrogen and oxygen atoms in total. The molecule has 2 fully saturated rings. The standard InChI is InChI=1S/2C12H16O.2C5H5.Zr/c2*13-12-8-4-7-11(9-12)10-5-2-1-3-6-10;2*1-2-4-5-3-1;/h2*4,7-10,13H,1-3,5-6H2;2*1-3H,4H2;/q;;;;+2/p-2. The molecule has 0 aromatic heterocycles. The Balaban J connectivity index is 1.35. The summed E-state index contributed by atoms with van der Waals surface area (Å²) in [5.41, 5.74) is 2.88. The van der Waals surface area contributed by atoms with E-state index in [0.29, 0.717) is 11.8 Å². The molecule has 0 unspecified atom stereocenters. The molecular formula is C34H40O2Zr. The van der Waals surface area contributed by atoms with Crippen molar-refractivity contribution < 1.29 is 26.8 Å². The molecule has 37 heavy (non-hydrogen) atoms. The van der Waals surface area contributed by atoms with Gasteiger partial charge in [0.25, 0.3) is 0 Å². The summed E-state index contributed by atoms with van der Waals surface area (Å²) < 4.78 is 17.3. The van der Waals surface area contributed by atoms with Crippen molar-refractivity contribution in [3.05, 3.63) is 103 Å². The van der Waals surface area contributed by atoms with Crippen molar-refractivity contribution >= 4 is 0 Å². The van der Waals surface area contributed by atoms with Crippen molar-refractivity contribution in [3.8, 4) is 11.5 Å². The van der Waals surface area contributed by atoms with E-state index in [9.17, 15) is 0 Å². The molecule has 0 saturated heterocycles. The van der Waals surface area contributed by atoms with Crippen molar-refractivity contribution in [1.29, 1.82) is 0 Å². The van der Waals surface area contributed by atoms with Gasteiger partial charge < -0.3 is 0 Å². The van der Waals surface area contributed by atoms with Crippen LogP contribution < -0.4 is 5.63 Å². The van der Waals surface area contributed by atoms with Crippen LogP contribution in [0.3, 0.4) is 0 Å². The zero-order valence-corrected chi connectivity index (χ0v) is 24.5. The van der Waals surface area contributed by atoms with E-state index >= 15 is 0 Å². The van der Waals surface area contributed by atoms with Crippen LogP contribution in [0.25, 0.3) is 0 Å². The third-order valence-electron chi connectivity index (χ3n) is 8.78. The van der Waals surface area contributed by atoms with Gasteiger partial charge in [0.2, 0.25) is 0 Å². The molecule has 2 aromatic rings. The van der Waals surface area contributed by atoms with E-state index in [1.807, 2.05) is 0 Å². The second kappa shape index (κ2) is 11.7. The van der Waals surface area contributed by atoms with Crippen LogP contribution in [0.5, 0.6) is 11.5 Å². The average molecular weight is 572 g/mol. The second-order valence-corrected chi connectivity index (χ2v) is 18.5. The predicted molar refractivity (Wildman–Crippen MR) is 149 cm³/mol. The van der Waals surface area contributed by atoms with Gasteiger partial charge in [0.05, 0.1) is 0 Å². The van der Waals surface area contributed by atoms with Crippen LogP contribution in [0.4, 0.5) is 0 Å². The first kappa shape index (κ1) is 25.2. The summed E-state index contributed by atoms with van der Waals surface area (Å²) in [6, 6.07) is 18.0. The van der Waals surface area contributed by atoms with E-state index in [4.69, 9.17) is 5.63 Å². The SMILES string of the molecule is C1=CC[C]([Zr]([O]c2cccc(C3CCCCC3)c2)([O]c2cccc(C3CCCCC3)c2)[C]2=CC=CC2)=C1. The van der Waals surface area contributed by atoms with Crippen LogP contribution in [0.15, 0.2) is 91.5 Å². The minimum absolute atomic E-state index is 0.662. The van der Waals surface area contributed by atoms with E-state index < -0.39 is 21.1 Å². The number of hydrogen-bond donors (Lipinski definition) is 0. The van der Waals surface area contributed by atoms with Gasteiger partial charge in [-0.3, -0.25) is 0 Å². The molecule has 0 atom stereocenters. The molecule has 0 spiro atoms. The number of allylic oxidation sites excluding steroid dienone is 8. The molecule has 4 aliphatic carbocycles. The number of benzene rings is 2. The van der Waals surface area contributed by atoms with Gasteiger partial charge in [0.1, 0.15) is 0 Å². The Morgan fingerprint density at radius 3 is 1.43 bits per heavy atom. The molecule has 0 heterocycles.